The number of aryl methyl sites for hydroxylation is 3. The van der Waals surface area contributed by atoms with Gasteiger partial charge in [-0.05, 0) is 31.4 Å². The van der Waals surface area contributed by atoms with Crippen molar-refractivity contribution >= 4 is 5.91 Å². The molecule has 1 N–H and O–H groups in total. The summed E-state index contributed by atoms with van der Waals surface area (Å²) in [7, 11) is 1.72. The number of rotatable bonds is 5. The molecule has 0 radical (unpaired) electrons. The maximum absolute atomic E-state index is 11.7. The van der Waals surface area contributed by atoms with Crippen LogP contribution in [0.3, 0.4) is 0 Å². The van der Waals surface area contributed by atoms with E-state index in [2.05, 4.69) is 32.0 Å². The van der Waals surface area contributed by atoms with E-state index in [0.717, 1.165) is 6.42 Å². The van der Waals surface area contributed by atoms with Crippen LogP contribution in [0.15, 0.2) is 18.2 Å². The fraction of sp³-hybridized carbons (Fsp3) is 0.500. The molecule has 3 nitrogen and oxygen atoms in total. The highest BCUT2D eigenvalue weighted by atomic mass is 16.3. The van der Waals surface area contributed by atoms with E-state index in [-0.39, 0.29) is 12.5 Å². The summed E-state index contributed by atoms with van der Waals surface area (Å²) >= 11 is 0. The zero-order valence-corrected chi connectivity index (χ0v) is 10.9. The Hall–Kier alpha value is -1.35. The number of carbonyl (C=O) groups is 1. The van der Waals surface area contributed by atoms with Crippen LogP contribution in [-0.2, 0) is 11.2 Å². The number of hydrogen-bond acceptors (Lipinski definition) is 2. The van der Waals surface area contributed by atoms with E-state index in [1.807, 2.05) is 0 Å². The van der Waals surface area contributed by atoms with Crippen molar-refractivity contribution in [2.45, 2.75) is 26.7 Å². The van der Waals surface area contributed by atoms with Crippen LogP contribution >= 0.6 is 0 Å². The molecule has 1 aromatic rings. The van der Waals surface area contributed by atoms with Gasteiger partial charge in [0.25, 0.3) is 0 Å². The summed E-state index contributed by atoms with van der Waals surface area (Å²) in [5.41, 5.74) is 3.71. The standard InChI is InChI=1S/C14H21NO2/c1-11-4-5-13(12(2)10-11)6-7-14(17)15(3)8-9-16/h4-5,10,16H,6-9H2,1-3H3. The van der Waals surface area contributed by atoms with Crippen molar-refractivity contribution < 1.29 is 9.90 Å². The van der Waals surface area contributed by atoms with Gasteiger partial charge < -0.3 is 10.0 Å². The summed E-state index contributed by atoms with van der Waals surface area (Å²) in [5.74, 6) is 0.0824. The van der Waals surface area contributed by atoms with Gasteiger partial charge >= 0.3 is 0 Å². The molecular formula is C14H21NO2. The van der Waals surface area contributed by atoms with Crippen molar-refractivity contribution in [2.24, 2.45) is 0 Å². The number of likely N-dealkylation sites (N-methyl/N-ethyl adjacent to an activating group) is 1. The molecule has 1 rings (SSSR count). The lowest BCUT2D eigenvalue weighted by atomic mass is 10.0. The zero-order valence-electron chi connectivity index (χ0n) is 10.9. The van der Waals surface area contributed by atoms with E-state index in [1.165, 1.54) is 16.7 Å². The normalized spacial score (nSPS) is 10.4. The van der Waals surface area contributed by atoms with Crippen LogP contribution in [0.4, 0.5) is 0 Å². The summed E-state index contributed by atoms with van der Waals surface area (Å²) in [5, 5.41) is 8.75. The number of amides is 1. The van der Waals surface area contributed by atoms with Crippen molar-refractivity contribution in [3.05, 3.63) is 34.9 Å². The van der Waals surface area contributed by atoms with Crippen LogP contribution < -0.4 is 0 Å². The lowest BCUT2D eigenvalue weighted by Crippen LogP contribution is -2.29. The predicted molar refractivity (Wildman–Crippen MR) is 69.0 cm³/mol. The van der Waals surface area contributed by atoms with Crippen molar-refractivity contribution in [3.63, 3.8) is 0 Å². The minimum atomic E-state index is 0.0196. The highest BCUT2D eigenvalue weighted by Gasteiger charge is 2.08. The van der Waals surface area contributed by atoms with Gasteiger partial charge in [0.1, 0.15) is 0 Å². The van der Waals surface area contributed by atoms with E-state index < -0.39 is 0 Å². The lowest BCUT2D eigenvalue weighted by molar-refractivity contribution is -0.130. The number of hydrogen-bond donors (Lipinski definition) is 1. The van der Waals surface area contributed by atoms with Crippen molar-refractivity contribution in [1.29, 1.82) is 0 Å². The van der Waals surface area contributed by atoms with Gasteiger partial charge in [0.2, 0.25) is 5.91 Å². The molecule has 0 fully saturated rings. The highest BCUT2D eigenvalue weighted by Crippen LogP contribution is 2.12. The van der Waals surface area contributed by atoms with Crippen LogP contribution in [0.2, 0.25) is 0 Å². The minimum Gasteiger partial charge on any atom is -0.395 e. The smallest absolute Gasteiger partial charge is 0.222 e. The second-order valence-electron chi connectivity index (χ2n) is 4.47. The van der Waals surface area contributed by atoms with Crippen molar-refractivity contribution in [3.8, 4) is 0 Å². The fourth-order valence-electron chi connectivity index (χ4n) is 1.83. The zero-order chi connectivity index (χ0) is 12.8. The Morgan fingerprint density at radius 2 is 2.06 bits per heavy atom. The van der Waals surface area contributed by atoms with Gasteiger partial charge in [0.15, 0.2) is 0 Å². The Labute approximate surface area is 103 Å². The monoisotopic (exact) mass is 235 g/mol. The third kappa shape index (κ3) is 4.19. The molecule has 0 saturated heterocycles. The summed E-state index contributed by atoms with van der Waals surface area (Å²) in [6, 6.07) is 6.30. The van der Waals surface area contributed by atoms with Crippen molar-refractivity contribution in [1.82, 2.24) is 4.90 Å². The fourth-order valence-corrected chi connectivity index (χ4v) is 1.83. The second-order valence-corrected chi connectivity index (χ2v) is 4.47. The quantitative estimate of drug-likeness (QED) is 0.843. The average molecular weight is 235 g/mol. The van der Waals surface area contributed by atoms with E-state index in [4.69, 9.17) is 5.11 Å². The number of aliphatic hydroxyl groups is 1. The molecule has 1 aromatic carbocycles. The number of benzene rings is 1. The second kappa shape index (κ2) is 6.40. The van der Waals surface area contributed by atoms with Gasteiger partial charge in [-0.3, -0.25) is 4.79 Å². The molecule has 0 heterocycles. The molecule has 17 heavy (non-hydrogen) atoms. The predicted octanol–water partition coefficient (Wildman–Crippen LogP) is 1.69. The van der Waals surface area contributed by atoms with Gasteiger partial charge in [-0.1, -0.05) is 23.8 Å². The third-order valence-corrected chi connectivity index (χ3v) is 2.97. The highest BCUT2D eigenvalue weighted by molar-refractivity contribution is 5.76. The summed E-state index contributed by atoms with van der Waals surface area (Å²) < 4.78 is 0. The van der Waals surface area contributed by atoms with Gasteiger partial charge in [0, 0.05) is 20.0 Å². The van der Waals surface area contributed by atoms with Gasteiger partial charge in [-0.25, -0.2) is 0 Å². The molecule has 0 unspecified atom stereocenters. The Bertz CT molecular complexity index is 388. The summed E-state index contributed by atoms with van der Waals surface area (Å²) in [6.45, 7) is 4.57. The Balaban J connectivity index is 2.53. The molecule has 0 atom stereocenters. The number of nitrogens with zero attached hydrogens (tertiary/aromatic N) is 1. The molecular weight excluding hydrogens is 214 g/mol. The van der Waals surface area contributed by atoms with Crippen molar-refractivity contribution in [2.75, 3.05) is 20.2 Å². The third-order valence-electron chi connectivity index (χ3n) is 2.97. The van der Waals surface area contributed by atoms with Crippen LogP contribution in [-0.4, -0.2) is 36.1 Å². The van der Waals surface area contributed by atoms with E-state index in [1.54, 1.807) is 11.9 Å². The molecule has 0 aromatic heterocycles. The molecule has 0 saturated carbocycles. The van der Waals surface area contributed by atoms with E-state index in [0.29, 0.717) is 13.0 Å². The molecule has 94 valence electrons. The number of aliphatic hydroxyl groups excluding tert-OH is 1. The molecule has 0 bridgehead atoms. The Morgan fingerprint density at radius 3 is 2.65 bits per heavy atom. The molecule has 0 aliphatic rings. The molecule has 0 aliphatic heterocycles. The largest absolute Gasteiger partial charge is 0.395 e. The first-order chi connectivity index (χ1) is 8.04. The maximum Gasteiger partial charge on any atom is 0.222 e. The topological polar surface area (TPSA) is 40.5 Å². The first kappa shape index (κ1) is 13.7. The van der Waals surface area contributed by atoms with Gasteiger partial charge in [0.05, 0.1) is 6.61 Å². The first-order valence-corrected chi connectivity index (χ1v) is 5.95. The van der Waals surface area contributed by atoms with Crippen LogP contribution in [0, 0.1) is 13.8 Å². The van der Waals surface area contributed by atoms with Gasteiger partial charge in [-0.15, -0.1) is 0 Å². The Morgan fingerprint density at radius 1 is 1.35 bits per heavy atom. The molecule has 1 amide bonds. The first-order valence-electron chi connectivity index (χ1n) is 5.95. The maximum atomic E-state index is 11.7. The average Bonchev–Trinajstić information content (AvgIpc) is 2.27. The van der Waals surface area contributed by atoms with Crippen LogP contribution in [0.5, 0.6) is 0 Å². The van der Waals surface area contributed by atoms with Crippen LogP contribution in [0.25, 0.3) is 0 Å². The number of carbonyl (C=O) groups excluding carboxylic acids is 1. The minimum absolute atomic E-state index is 0.0196. The van der Waals surface area contributed by atoms with E-state index in [9.17, 15) is 4.79 Å². The summed E-state index contributed by atoms with van der Waals surface area (Å²) in [6.07, 6.45) is 1.26. The molecule has 3 heteroatoms. The lowest BCUT2D eigenvalue weighted by Gasteiger charge is -2.15. The molecule has 0 spiro atoms. The van der Waals surface area contributed by atoms with Gasteiger partial charge in [-0.2, -0.15) is 0 Å². The summed E-state index contributed by atoms with van der Waals surface area (Å²) in [4.78, 5) is 13.3. The molecule has 0 aliphatic carbocycles. The SMILES string of the molecule is Cc1ccc(CCC(=O)N(C)CCO)c(C)c1. The Kier molecular flexibility index (Phi) is 5.16. The van der Waals surface area contributed by atoms with Crippen LogP contribution in [0.1, 0.15) is 23.1 Å². The van der Waals surface area contributed by atoms with E-state index >= 15 is 0 Å².